The van der Waals surface area contributed by atoms with E-state index in [9.17, 15) is 9.59 Å². The van der Waals surface area contributed by atoms with Crippen LogP contribution in [0.15, 0.2) is 0 Å². The lowest BCUT2D eigenvalue weighted by atomic mass is 10.2. The number of alkyl halides is 1. The van der Waals surface area contributed by atoms with E-state index in [1.54, 1.807) is 0 Å². The predicted molar refractivity (Wildman–Crippen MR) is 36.9 cm³/mol. The van der Waals surface area contributed by atoms with E-state index >= 15 is 0 Å². The van der Waals surface area contributed by atoms with Crippen LogP contribution in [0.2, 0.25) is 0 Å². The molecule has 0 saturated carbocycles. The Hall–Kier alpha value is -0.570. The van der Waals surface area contributed by atoms with Gasteiger partial charge in [0.05, 0.1) is 11.9 Å². The van der Waals surface area contributed by atoms with Gasteiger partial charge in [-0.25, -0.2) is 0 Å². The van der Waals surface area contributed by atoms with Gasteiger partial charge in [0.15, 0.2) is 5.78 Å². The summed E-state index contributed by atoms with van der Waals surface area (Å²) in [6.45, 7) is 0. The first-order chi connectivity index (χ1) is 4.74. The largest absolute Gasteiger partial charge is 0.346 e. The van der Waals surface area contributed by atoms with Crippen molar-refractivity contribution in [2.45, 2.75) is 18.9 Å². The lowest BCUT2D eigenvalue weighted by molar-refractivity contribution is -0.123. The van der Waals surface area contributed by atoms with Gasteiger partial charge in [-0.2, -0.15) is 0 Å². The zero-order valence-corrected chi connectivity index (χ0v) is 6.15. The van der Waals surface area contributed by atoms with Crippen LogP contribution < -0.4 is 5.32 Å². The van der Waals surface area contributed by atoms with Crippen LogP contribution in [0, 0.1) is 0 Å². The van der Waals surface area contributed by atoms with Crippen molar-refractivity contribution in [3.63, 3.8) is 0 Å². The first kappa shape index (κ1) is 7.54. The number of carbonyl (C=O) groups is 2. The molecule has 0 aliphatic carbocycles. The van der Waals surface area contributed by atoms with E-state index in [4.69, 9.17) is 11.6 Å². The predicted octanol–water partition coefficient (Wildman–Crippen LogP) is 0.0729. The Bertz CT molecular complexity index is 169. The first-order valence-electron chi connectivity index (χ1n) is 3.12. The van der Waals surface area contributed by atoms with Crippen molar-refractivity contribution in [1.29, 1.82) is 0 Å². The molecule has 1 aliphatic heterocycles. The summed E-state index contributed by atoms with van der Waals surface area (Å²) in [5, 5.41) is 2.53. The summed E-state index contributed by atoms with van der Waals surface area (Å²) in [6, 6.07) is -0.315. The van der Waals surface area contributed by atoms with Gasteiger partial charge in [0.2, 0.25) is 5.91 Å². The van der Waals surface area contributed by atoms with Gasteiger partial charge < -0.3 is 5.32 Å². The van der Waals surface area contributed by atoms with Gasteiger partial charge in [0, 0.05) is 6.42 Å². The molecule has 1 heterocycles. The molecule has 0 aromatic carbocycles. The summed E-state index contributed by atoms with van der Waals surface area (Å²) in [5.41, 5.74) is 0. The molecule has 0 aromatic heterocycles. The van der Waals surface area contributed by atoms with E-state index in [0.717, 1.165) is 0 Å². The standard InChI is InChI=1S/C6H8ClNO2/c7-3-5(9)4-1-2-6(10)8-4/h4H,1-3H2,(H,8,10)/t4-/m0/s1. The second kappa shape index (κ2) is 3.01. The average molecular weight is 162 g/mol. The number of halogens is 1. The minimum atomic E-state index is -0.315. The molecule has 4 heteroatoms. The SMILES string of the molecule is O=C1CC[C@@H](C(=O)CCl)N1. The van der Waals surface area contributed by atoms with Crippen molar-refractivity contribution < 1.29 is 9.59 Å². The van der Waals surface area contributed by atoms with E-state index < -0.39 is 0 Å². The van der Waals surface area contributed by atoms with E-state index in [1.807, 2.05) is 0 Å². The Kier molecular flexibility index (Phi) is 2.27. The maximum atomic E-state index is 10.8. The summed E-state index contributed by atoms with van der Waals surface area (Å²) in [6.07, 6.45) is 1.05. The molecule has 56 valence electrons. The molecule has 0 spiro atoms. The van der Waals surface area contributed by atoms with Crippen LogP contribution in [0.3, 0.4) is 0 Å². The number of Topliss-reactive ketones (excluding diaryl/α,β-unsaturated/α-hetero) is 1. The van der Waals surface area contributed by atoms with Gasteiger partial charge in [0.1, 0.15) is 0 Å². The van der Waals surface area contributed by atoms with E-state index in [2.05, 4.69) is 5.32 Å². The van der Waals surface area contributed by atoms with Gasteiger partial charge in [-0.15, -0.1) is 11.6 Å². The second-order valence-electron chi connectivity index (χ2n) is 2.26. The molecule has 10 heavy (non-hydrogen) atoms. The number of ketones is 1. The highest BCUT2D eigenvalue weighted by molar-refractivity contribution is 6.28. The third kappa shape index (κ3) is 1.48. The summed E-state index contributed by atoms with van der Waals surface area (Å²) >= 11 is 5.28. The molecule has 1 aliphatic rings. The fourth-order valence-electron chi connectivity index (χ4n) is 0.949. The highest BCUT2D eigenvalue weighted by atomic mass is 35.5. The van der Waals surface area contributed by atoms with Gasteiger partial charge in [-0.3, -0.25) is 9.59 Å². The number of hydrogen-bond acceptors (Lipinski definition) is 2. The van der Waals surface area contributed by atoms with Crippen molar-refractivity contribution >= 4 is 23.3 Å². The molecule has 1 saturated heterocycles. The molecule has 1 atom stereocenters. The summed E-state index contributed by atoms with van der Waals surface area (Å²) in [7, 11) is 0. The van der Waals surface area contributed by atoms with Crippen LogP contribution in [0.5, 0.6) is 0 Å². The molecule has 1 amide bonds. The molecular formula is C6H8ClNO2. The van der Waals surface area contributed by atoms with Crippen LogP contribution in [-0.4, -0.2) is 23.6 Å². The molecular weight excluding hydrogens is 154 g/mol. The van der Waals surface area contributed by atoms with Crippen LogP contribution >= 0.6 is 11.6 Å². The monoisotopic (exact) mass is 161 g/mol. The molecule has 3 nitrogen and oxygen atoms in total. The number of nitrogens with one attached hydrogen (secondary N) is 1. The highest BCUT2D eigenvalue weighted by Crippen LogP contribution is 2.07. The zero-order chi connectivity index (χ0) is 7.56. The van der Waals surface area contributed by atoms with Crippen molar-refractivity contribution in [3.8, 4) is 0 Å². The topological polar surface area (TPSA) is 46.2 Å². The maximum Gasteiger partial charge on any atom is 0.220 e. The molecule has 1 rings (SSSR count). The van der Waals surface area contributed by atoms with Crippen LogP contribution in [-0.2, 0) is 9.59 Å². The fraction of sp³-hybridized carbons (Fsp3) is 0.667. The second-order valence-corrected chi connectivity index (χ2v) is 2.53. The van der Waals surface area contributed by atoms with Crippen molar-refractivity contribution in [2.75, 3.05) is 5.88 Å². The third-order valence-electron chi connectivity index (χ3n) is 1.52. The van der Waals surface area contributed by atoms with Crippen LogP contribution in [0.1, 0.15) is 12.8 Å². The number of carbonyl (C=O) groups excluding carboxylic acids is 2. The Balaban J connectivity index is 2.44. The van der Waals surface area contributed by atoms with Gasteiger partial charge in [-0.05, 0) is 6.42 Å². The molecule has 0 aromatic rings. The van der Waals surface area contributed by atoms with Crippen LogP contribution in [0.4, 0.5) is 0 Å². The molecule has 1 fully saturated rings. The summed E-state index contributed by atoms with van der Waals surface area (Å²) in [4.78, 5) is 21.4. The summed E-state index contributed by atoms with van der Waals surface area (Å²) in [5.74, 6) is -0.152. The molecule has 1 N–H and O–H groups in total. The van der Waals surface area contributed by atoms with Gasteiger partial charge in [-0.1, -0.05) is 0 Å². The highest BCUT2D eigenvalue weighted by Gasteiger charge is 2.25. The van der Waals surface area contributed by atoms with E-state index in [1.165, 1.54) is 0 Å². The molecule has 0 radical (unpaired) electrons. The molecule has 0 unspecified atom stereocenters. The Morgan fingerprint density at radius 3 is 2.90 bits per heavy atom. The lowest BCUT2D eigenvalue weighted by Crippen LogP contribution is -2.33. The van der Waals surface area contributed by atoms with Crippen molar-refractivity contribution in [2.24, 2.45) is 0 Å². The van der Waals surface area contributed by atoms with Crippen molar-refractivity contribution in [3.05, 3.63) is 0 Å². The third-order valence-corrected chi connectivity index (χ3v) is 1.78. The minimum absolute atomic E-state index is 0.00898. The van der Waals surface area contributed by atoms with Crippen molar-refractivity contribution in [1.82, 2.24) is 5.32 Å². The fourth-order valence-corrected chi connectivity index (χ4v) is 1.13. The molecule has 0 bridgehead atoms. The summed E-state index contributed by atoms with van der Waals surface area (Å²) < 4.78 is 0. The Morgan fingerprint density at radius 2 is 2.50 bits per heavy atom. The number of amides is 1. The van der Waals surface area contributed by atoms with Gasteiger partial charge >= 0.3 is 0 Å². The lowest BCUT2D eigenvalue weighted by Gasteiger charge is -2.03. The average Bonchev–Trinajstić information content (AvgIpc) is 2.34. The zero-order valence-electron chi connectivity index (χ0n) is 5.39. The van der Waals surface area contributed by atoms with Crippen LogP contribution in [0.25, 0.3) is 0 Å². The van der Waals surface area contributed by atoms with E-state index in [0.29, 0.717) is 12.8 Å². The Morgan fingerprint density at radius 1 is 1.80 bits per heavy atom. The smallest absolute Gasteiger partial charge is 0.220 e. The van der Waals surface area contributed by atoms with Gasteiger partial charge in [0.25, 0.3) is 0 Å². The normalized spacial score (nSPS) is 24.5. The minimum Gasteiger partial charge on any atom is -0.346 e. The number of rotatable bonds is 2. The Labute approximate surface area is 63.7 Å². The van der Waals surface area contributed by atoms with E-state index in [-0.39, 0.29) is 23.6 Å². The first-order valence-corrected chi connectivity index (χ1v) is 3.65. The quantitative estimate of drug-likeness (QED) is 0.583. The maximum absolute atomic E-state index is 10.8. The number of hydrogen-bond donors (Lipinski definition) is 1.